The Balaban J connectivity index is 0.000000199. The van der Waals surface area contributed by atoms with Crippen LogP contribution in [0, 0.1) is 0 Å². The SMILES string of the molecule is CCOc1ccc(Cc2cc([C@@H]3O[C@H](CO)[C@@H](O)[C@H](O)[C@H]3O)ccc2Cl)cc1.OC[C@H]1O[C@@H](c2ccc(Cl)c(Cc3ccc(O[C@H]4CCOC4)cc3)c2)[C@H](O)[C@@H](O)[C@@H]1O. The summed E-state index contributed by atoms with van der Waals surface area (Å²) in [6, 6.07) is 26.0. The van der Waals surface area contributed by atoms with Gasteiger partial charge in [-0.25, -0.2) is 0 Å². The molecule has 59 heavy (non-hydrogen) atoms. The maximum Gasteiger partial charge on any atom is 0.124 e. The van der Waals surface area contributed by atoms with Gasteiger partial charge in [-0.15, -0.1) is 0 Å². The average Bonchev–Trinajstić information content (AvgIpc) is 3.76. The van der Waals surface area contributed by atoms with Crippen LogP contribution in [0.2, 0.25) is 10.0 Å². The highest BCUT2D eigenvalue weighted by Crippen LogP contribution is 2.36. The number of aliphatic hydroxyl groups excluding tert-OH is 8. The van der Waals surface area contributed by atoms with E-state index in [0.717, 1.165) is 46.8 Å². The standard InChI is InChI=1S/C23H27ClO7.C21H25ClO6/c24-18-6-3-14(23-22(28)21(27)20(26)19(11-25)31-23)10-15(18)9-13-1-4-16(5-2-13)30-17-7-8-29-12-17;1-2-27-15-6-3-12(4-7-15)9-14-10-13(5-8-16(14)22)21-20(26)19(25)18(24)17(11-23)28-21/h1-6,10,17,19-23,25-28H,7-9,11-12H2;3-8,10,17-21,23-26H,2,9,11H2,1H3/t17-,19+,20+,21-,22+,23-;17-,18-,19+,20-,21+/m01/s1. The molecule has 0 aliphatic carbocycles. The van der Waals surface area contributed by atoms with Crippen molar-refractivity contribution in [3.63, 3.8) is 0 Å². The third-order valence-electron chi connectivity index (χ3n) is 10.7. The number of aliphatic hydroxyl groups is 8. The smallest absolute Gasteiger partial charge is 0.124 e. The summed E-state index contributed by atoms with van der Waals surface area (Å²) in [7, 11) is 0. The van der Waals surface area contributed by atoms with Gasteiger partial charge in [0, 0.05) is 16.5 Å². The first-order valence-corrected chi connectivity index (χ1v) is 20.4. The third-order valence-corrected chi connectivity index (χ3v) is 11.5. The first kappa shape index (κ1) is 45.2. The molecule has 8 N–H and O–H groups in total. The monoisotopic (exact) mass is 858 g/mol. The van der Waals surface area contributed by atoms with Crippen LogP contribution in [0.3, 0.4) is 0 Å². The van der Waals surface area contributed by atoms with Gasteiger partial charge in [-0.2, -0.15) is 0 Å². The van der Waals surface area contributed by atoms with Gasteiger partial charge in [-0.05, 0) is 89.5 Å². The minimum absolute atomic E-state index is 0.0931. The average molecular weight is 860 g/mol. The summed E-state index contributed by atoms with van der Waals surface area (Å²) < 4.78 is 28.0. The number of benzene rings is 4. The maximum absolute atomic E-state index is 10.4. The van der Waals surface area contributed by atoms with Gasteiger partial charge in [0.1, 0.15) is 78.6 Å². The minimum atomic E-state index is -1.42. The molecule has 0 radical (unpaired) electrons. The minimum Gasteiger partial charge on any atom is -0.494 e. The summed E-state index contributed by atoms with van der Waals surface area (Å²) in [5.41, 5.74) is 4.95. The second-order valence-electron chi connectivity index (χ2n) is 14.9. The van der Waals surface area contributed by atoms with Crippen LogP contribution in [0.25, 0.3) is 0 Å². The molecule has 3 aliphatic heterocycles. The molecule has 11 atom stereocenters. The van der Waals surface area contributed by atoms with Crippen molar-refractivity contribution in [1.29, 1.82) is 0 Å². The molecule has 3 saturated heterocycles. The van der Waals surface area contributed by atoms with Crippen molar-refractivity contribution < 1.29 is 64.5 Å². The van der Waals surface area contributed by atoms with Gasteiger partial charge in [0.2, 0.25) is 0 Å². The largest absolute Gasteiger partial charge is 0.494 e. The molecule has 13 nitrogen and oxygen atoms in total. The second kappa shape index (κ2) is 20.9. The predicted octanol–water partition coefficient (Wildman–Crippen LogP) is 3.46. The van der Waals surface area contributed by atoms with Crippen LogP contribution < -0.4 is 9.47 Å². The molecular formula is C44H52Cl2O13. The molecule has 0 saturated carbocycles. The summed E-state index contributed by atoms with van der Waals surface area (Å²) in [5.74, 6) is 1.59. The van der Waals surface area contributed by atoms with E-state index in [1.54, 1.807) is 24.3 Å². The number of hydrogen-bond donors (Lipinski definition) is 8. The highest BCUT2D eigenvalue weighted by molar-refractivity contribution is 6.31. The normalized spacial score (nSPS) is 29.4. The van der Waals surface area contributed by atoms with Crippen LogP contribution in [0.4, 0.5) is 0 Å². The molecule has 320 valence electrons. The predicted molar refractivity (Wildman–Crippen MR) is 218 cm³/mol. The Morgan fingerprint density at radius 3 is 1.46 bits per heavy atom. The van der Waals surface area contributed by atoms with E-state index in [9.17, 15) is 40.9 Å². The van der Waals surface area contributed by atoms with Gasteiger partial charge in [0.25, 0.3) is 0 Å². The molecule has 7 rings (SSSR count). The Hall–Kier alpha value is -3.38. The Morgan fingerprint density at radius 2 is 1.05 bits per heavy atom. The molecule has 3 aliphatic rings. The lowest BCUT2D eigenvalue weighted by atomic mass is 9.90. The summed E-state index contributed by atoms with van der Waals surface area (Å²) >= 11 is 12.8. The molecule has 0 spiro atoms. The van der Waals surface area contributed by atoms with Crippen LogP contribution in [0.5, 0.6) is 11.5 Å². The first-order chi connectivity index (χ1) is 28.4. The molecule has 0 unspecified atom stereocenters. The lowest BCUT2D eigenvalue weighted by Crippen LogP contribution is -2.55. The molecule has 15 heteroatoms. The van der Waals surface area contributed by atoms with Crippen molar-refractivity contribution in [1.82, 2.24) is 0 Å². The van der Waals surface area contributed by atoms with Crippen LogP contribution >= 0.6 is 23.2 Å². The number of ether oxygens (including phenoxy) is 5. The zero-order chi connectivity index (χ0) is 42.2. The Kier molecular flexibility index (Phi) is 16.0. The Labute approximate surface area is 352 Å². The zero-order valence-corrected chi connectivity index (χ0v) is 34.0. The van der Waals surface area contributed by atoms with Gasteiger partial charge in [0.15, 0.2) is 0 Å². The summed E-state index contributed by atoms with van der Waals surface area (Å²) in [6.45, 7) is 2.94. The van der Waals surface area contributed by atoms with Crippen LogP contribution in [0.1, 0.15) is 58.9 Å². The molecule has 4 aromatic rings. The van der Waals surface area contributed by atoms with E-state index >= 15 is 0 Å². The van der Waals surface area contributed by atoms with Crippen molar-refractivity contribution in [3.8, 4) is 11.5 Å². The quantitative estimate of drug-likeness (QED) is 0.103. The summed E-state index contributed by atoms with van der Waals surface area (Å²) in [6.07, 6.45) is -9.84. The molecule has 3 heterocycles. The Morgan fingerprint density at radius 1 is 0.593 bits per heavy atom. The number of hydrogen-bond acceptors (Lipinski definition) is 13. The van der Waals surface area contributed by atoms with Crippen molar-refractivity contribution in [2.45, 2.75) is 93.3 Å². The van der Waals surface area contributed by atoms with Gasteiger partial charge in [0.05, 0.1) is 33.0 Å². The highest BCUT2D eigenvalue weighted by atomic mass is 35.5. The van der Waals surface area contributed by atoms with E-state index in [1.807, 2.05) is 67.6 Å². The molecule has 4 aromatic carbocycles. The van der Waals surface area contributed by atoms with E-state index in [1.165, 1.54) is 0 Å². The van der Waals surface area contributed by atoms with Crippen molar-refractivity contribution in [3.05, 3.63) is 128 Å². The zero-order valence-electron chi connectivity index (χ0n) is 32.5. The van der Waals surface area contributed by atoms with Crippen LogP contribution in [-0.2, 0) is 27.1 Å². The van der Waals surface area contributed by atoms with E-state index < -0.39 is 74.3 Å². The van der Waals surface area contributed by atoms with E-state index in [-0.39, 0.29) is 6.10 Å². The topological polar surface area (TPSA) is 208 Å². The van der Waals surface area contributed by atoms with E-state index in [0.29, 0.717) is 47.2 Å². The fourth-order valence-electron chi connectivity index (χ4n) is 7.36. The van der Waals surface area contributed by atoms with Crippen LogP contribution in [-0.4, -0.2) is 129 Å². The van der Waals surface area contributed by atoms with Gasteiger partial charge >= 0.3 is 0 Å². The highest BCUT2D eigenvalue weighted by Gasteiger charge is 2.45. The fourth-order valence-corrected chi connectivity index (χ4v) is 7.73. The summed E-state index contributed by atoms with van der Waals surface area (Å²) in [5, 5.41) is 80.7. The second-order valence-corrected chi connectivity index (χ2v) is 15.7. The fraction of sp³-hybridized carbons (Fsp3) is 0.455. The lowest BCUT2D eigenvalue weighted by molar-refractivity contribution is -0.231. The van der Waals surface area contributed by atoms with E-state index in [4.69, 9.17) is 46.9 Å². The van der Waals surface area contributed by atoms with Gasteiger partial charge in [-0.1, -0.05) is 71.7 Å². The molecule has 0 bridgehead atoms. The molecule has 3 fully saturated rings. The van der Waals surface area contributed by atoms with Crippen molar-refractivity contribution in [2.75, 3.05) is 33.0 Å². The van der Waals surface area contributed by atoms with E-state index in [2.05, 4.69) is 0 Å². The van der Waals surface area contributed by atoms with Crippen molar-refractivity contribution in [2.24, 2.45) is 0 Å². The first-order valence-electron chi connectivity index (χ1n) is 19.6. The van der Waals surface area contributed by atoms with Gasteiger partial charge in [-0.3, -0.25) is 0 Å². The number of halogens is 2. The van der Waals surface area contributed by atoms with Crippen molar-refractivity contribution >= 4 is 23.2 Å². The lowest BCUT2D eigenvalue weighted by Gasteiger charge is -2.40. The maximum atomic E-state index is 10.4. The van der Waals surface area contributed by atoms with Crippen LogP contribution in [0.15, 0.2) is 84.9 Å². The summed E-state index contributed by atoms with van der Waals surface area (Å²) in [4.78, 5) is 0. The molecule has 0 aromatic heterocycles. The Bertz CT molecular complexity index is 1920. The van der Waals surface area contributed by atoms with Gasteiger partial charge < -0.3 is 64.5 Å². The third kappa shape index (κ3) is 11.1. The molecular weight excluding hydrogens is 807 g/mol. The number of rotatable bonds is 12. The molecule has 0 amide bonds.